The van der Waals surface area contributed by atoms with Crippen LogP contribution in [0.2, 0.25) is 0 Å². The molecule has 0 aliphatic carbocycles. The number of hydrogen-bond donors (Lipinski definition) is 2. The summed E-state index contributed by atoms with van der Waals surface area (Å²) in [6, 6.07) is 12.2. The van der Waals surface area contributed by atoms with Crippen molar-refractivity contribution in [3.05, 3.63) is 76.6 Å². The molecule has 0 radical (unpaired) electrons. The lowest BCUT2D eigenvalue weighted by Gasteiger charge is -2.05. The molecule has 0 atom stereocenters. The lowest BCUT2D eigenvalue weighted by Crippen LogP contribution is -2.14. The average molecular weight is 434 g/mol. The number of rotatable bonds is 12. The van der Waals surface area contributed by atoms with Gasteiger partial charge in [-0.05, 0) is 49.2 Å². The van der Waals surface area contributed by atoms with Crippen LogP contribution in [0.5, 0.6) is 0 Å². The maximum absolute atomic E-state index is 13.5. The van der Waals surface area contributed by atoms with Crippen LogP contribution in [0.15, 0.2) is 53.0 Å². The number of benzene rings is 2. The van der Waals surface area contributed by atoms with Crippen LogP contribution >= 0.6 is 0 Å². The summed E-state index contributed by atoms with van der Waals surface area (Å²) in [6.07, 6.45) is 8.87. The van der Waals surface area contributed by atoms with E-state index in [1.54, 1.807) is 12.1 Å². The first-order chi connectivity index (χ1) is 15.5. The van der Waals surface area contributed by atoms with Crippen molar-refractivity contribution in [3.63, 3.8) is 0 Å². The minimum atomic E-state index is -1.03. The number of carboxylic acid groups (broad SMARTS) is 1. The number of aryl methyl sites for hydroxylation is 1. The molecule has 0 spiro atoms. The van der Waals surface area contributed by atoms with Gasteiger partial charge in [0.2, 0.25) is 0 Å². The number of ketones is 1. The third-order valence-electron chi connectivity index (χ3n) is 5.42. The Morgan fingerprint density at radius 3 is 2.59 bits per heavy atom. The number of hydrogen-bond acceptors (Lipinski definition) is 4. The maximum atomic E-state index is 13.5. The molecule has 0 saturated carbocycles. The fourth-order valence-electron chi connectivity index (χ4n) is 3.65. The summed E-state index contributed by atoms with van der Waals surface area (Å²) in [5, 5.41) is 13.3. The topological polar surface area (TPSA) is 79.5 Å². The van der Waals surface area contributed by atoms with Gasteiger partial charge >= 0.3 is 5.97 Å². The Kier molecular flexibility index (Phi) is 8.40. The van der Waals surface area contributed by atoms with Crippen LogP contribution in [-0.4, -0.2) is 29.9 Å². The molecule has 0 unspecified atom stereocenters. The molecule has 168 valence electrons. The van der Waals surface area contributed by atoms with Gasteiger partial charge in [0.1, 0.15) is 11.3 Å². The summed E-state index contributed by atoms with van der Waals surface area (Å²) < 4.78 is 5.98. The average Bonchev–Trinajstić information content (AvgIpc) is 3.17. The van der Waals surface area contributed by atoms with Crippen molar-refractivity contribution in [1.29, 1.82) is 0 Å². The highest BCUT2D eigenvalue weighted by atomic mass is 16.4. The Balaban J connectivity index is 1.92. The van der Waals surface area contributed by atoms with Crippen LogP contribution in [-0.2, 0) is 6.42 Å². The Hall–Kier alpha value is -3.18. The van der Waals surface area contributed by atoms with Crippen LogP contribution in [0.1, 0.15) is 77.1 Å². The second-order valence-corrected chi connectivity index (χ2v) is 7.93. The SMILES string of the molecule is CCCCNC/C=C\c1cccc(C(=O)c2c(CCCC)oc3ccc(C(=O)O)cc23)c1. The third kappa shape index (κ3) is 5.74. The van der Waals surface area contributed by atoms with Crippen LogP contribution in [0.4, 0.5) is 0 Å². The first kappa shape index (κ1) is 23.5. The van der Waals surface area contributed by atoms with E-state index < -0.39 is 5.97 Å². The summed E-state index contributed by atoms with van der Waals surface area (Å²) in [5.74, 6) is -0.551. The molecule has 1 heterocycles. The van der Waals surface area contributed by atoms with E-state index in [9.17, 15) is 14.7 Å². The highest BCUT2D eigenvalue weighted by molar-refractivity contribution is 6.17. The van der Waals surface area contributed by atoms with Crippen LogP contribution in [0, 0.1) is 0 Å². The Morgan fingerprint density at radius 1 is 1.03 bits per heavy atom. The van der Waals surface area contributed by atoms with Gasteiger partial charge in [0.25, 0.3) is 0 Å². The van der Waals surface area contributed by atoms with Crippen molar-refractivity contribution < 1.29 is 19.1 Å². The van der Waals surface area contributed by atoms with Crippen molar-refractivity contribution in [2.45, 2.75) is 46.0 Å². The predicted octanol–water partition coefficient (Wildman–Crippen LogP) is 6.11. The van der Waals surface area contributed by atoms with Crippen LogP contribution in [0.25, 0.3) is 17.0 Å². The number of nitrogens with one attached hydrogen (secondary N) is 1. The molecule has 2 N–H and O–H groups in total. The molecule has 0 saturated heterocycles. The monoisotopic (exact) mass is 433 g/mol. The predicted molar refractivity (Wildman–Crippen MR) is 128 cm³/mol. The second kappa shape index (κ2) is 11.4. The quantitative estimate of drug-likeness (QED) is 0.266. The summed E-state index contributed by atoms with van der Waals surface area (Å²) in [4.78, 5) is 25.0. The van der Waals surface area contributed by atoms with Crippen LogP contribution < -0.4 is 5.32 Å². The van der Waals surface area contributed by atoms with E-state index in [1.807, 2.05) is 24.3 Å². The van der Waals surface area contributed by atoms with E-state index in [0.29, 0.717) is 34.3 Å². The molecule has 0 amide bonds. The number of unbranched alkanes of at least 4 members (excludes halogenated alkanes) is 2. The Bertz CT molecular complexity index is 1110. The summed E-state index contributed by atoms with van der Waals surface area (Å²) in [7, 11) is 0. The van der Waals surface area contributed by atoms with E-state index >= 15 is 0 Å². The van der Waals surface area contributed by atoms with Gasteiger partial charge in [0.15, 0.2) is 5.78 Å². The number of aromatic carboxylic acids is 1. The van der Waals surface area contributed by atoms with Gasteiger partial charge in [0.05, 0.1) is 11.1 Å². The zero-order valence-corrected chi connectivity index (χ0v) is 18.8. The van der Waals surface area contributed by atoms with Crippen molar-refractivity contribution >= 4 is 28.8 Å². The molecule has 5 heteroatoms. The Morgan fingerprint density at radius 2 is 1.84 bits per heavy atom. The van der Waals surface area contributed by atoms with Crippen LogP contribution in [0.3, 0.4) is 0 Å². The fraction of sp³-hybridized carbons (Fsp3) is 0.333. The minimum absolute atomic E-state index is 0.140. The standard InChI is InChI=1S/C27H31NO4/c1-3-5-12-24-25(22-18-21(27(30)31)13-14-23(22)32-24)26(29)20-11-7-9-19(17-20)10-8-16-28-15-6-4-2/h7-11,13-14,17-18,28H,3-6,12,15-16H2,1-2H3,(H,30,31)/b10-8-. The number of carbonyl (C=O) groups excluding carboxylic acids is 1. The first-order valence-corrected chi connectivity index (χ1v) is 11.4. The smallest absolute Gasteiger partial charge is 0.335 e. The van der Waals surface area contributed by atoms with Gasteiger partial charge < -0.3 is 14.8 Å². The van der Waals surface area contributed by atoms with Crippen molar-refractivity contribution in [3.8, 4) is 0 Å². The molecular formula is C27H31NO4. The van der Waals surface area contributed by atoms with Gasteiger partial charge in [-0.2, -0.15) is 0 Å². The number of furan rings is 1. The largest absolute Gasteiger partial charge is 0.478 e. The lowest BCUT2D eigenvalue weighted by molar-refractivity contribution is 0.0696. The molecule has 32 heavy (non-hydrogen) atoms. The maximum Gasteiger partial charge on any atom is 0.335 e. The second-order valence-electron chi connectivity index (χ2n) is 7.93. The van der Waals surface area contributed by atoms with Crippen molar-refractivity contribution in [2.75, 3.05) is 13.1 Å². The van der Waals surface area contributed by atoms with E-state index in [1.165, 1.54) is 12.1 Å². The summed E-state index contributed by atoms with van der Waals surface area (Å²) in [6.45, 7) is 6.02. The lowest BCUT2D eigenvalue weighted by atomic mass is 9.96. The zero-order chi connectivity index (χ0) is 22.9. The molecule has 2 aromatic carbocycles. The molecule has 0 aliphatic heterocycles. The molecule has 1 aromatic heterocycles. The third-order valence-corrected chi connectivity index (χ3v) is 5.42. The Labute approximate surface area is 189 Å². The van der Waals surface area contributed by atoms with Gasteiger partial charge in [-0.1, -0.05) is 57.0 Å². The highest BCUT2D eigenvalue weighted by Gasteiger charge is 2.23. The first-order valence-electron chi connectivity index (χ1n) is 11.4. The molecule has 5 nitrogen and oxygen atoms in total. The minimum Gasteiger partial charge on any atom is -0.478 e. The molecule has 3 aromatic rings. The van der Waals surface area contributed by atoms with Crippen molar-refractivity contribution in [1.82, 2.24) is 5.32 Å². The molecule has 0 bridgehead atoms. The molecule has 0 fully saturated rings. The molecule has 0 aliphatic rings. The van der Waals surface area contributed by atoms with Gasteiger partial charge in [0, 0.05) is 23.9 Å². The number of carbonyl (C=O) groups is 2. The summed E-state index contributed by atoms with van der Waals surface area (Å²) >= 11 is 0. The van der Waals surface area contributed by atoms with Gasteiger partial charge in [-0.15, -0.1) is 0 Å². The zero-order valence-electron chi connectivity index (χ0n) is 18.8. The van der Waals surface area contributed by atoms with Gasteiger partial charge in [-0.25, -0.2) is 4.79 Å². The number of carboxylic acids is 1. The fourth-order valence-corrected chi connectivity index (χ4v) is 3.65. The normalized spacial score (nSPS) is 11.4. The molecular weight excluding hydrogens is 402 g/mol. The highest BCUT2D eigenvalue weighted by Crippen LogP contribution is 2.30. The van der Waals surface area contributed by atoms with E-state index in [2.05, 4.69) is 25.2 Å². The van der Waals surface area contributed by atoms with E-state index in [-0.39, 0.29) is 11.3 Å². The van der Waals surface area contributed by atoms with E-state index in [4.69, 9.17) is 4.42 Å². The van der Waals surface area contributed by atoms with E-state index in [0.717, 1.165) is 44.3 Å². The van der Waals surface area contributed by atoms with Gasteiger partial charge in [-0.3, -0.25) is 4.79 Å². The molecule has 3 rings (SSSR count). The summed E-state index contributed by atoms with van der Waals surface area (Å²) in [5.41, 5.74) is 2.66. The van der Waals surface area contributed by atoms with Crippen molar-refractivity contribution in [2.24, 2.45) is 0 Å². The number of fused-ring (bicyclic) bond motifs is 1.